The molecule has 4 aliphatic carbocycles. The molecule has 1 aromatic rings. The SMILES string of the molecule is N=C(N)NCCC[C@H](C(N)=O)N(Cc1ccc(O)cc1)C(=O)CC12CC3CC(CC(C3)C1)C2. The summed E-state index contributed by atoms with van der Waals surface area (Å²) >= 11 is 0. The van der Waals surface area contributed by atoms with Crippen molar-refractivity contribution in [2.24, 2.45) is 34.6 Å². The maximum absolute atomic E-state index is 13.8. The van der Waals surface area contributed by atoms with E-state index in [0.717, 1.165) is 42.6 Å². The molecule has 2 amide bonds. The Morgan fingerprint density at radius 1 is 1.09 bits per heavy atom. The molecule has 8 heteroatoms. The van der Waals surface area contributed by atoms with E-state index in [1.165, 1.54) is 19.3 Å². The number of amides is 2. The summed E-state index contributed by atoms with van der Waals surface area (Å²) in [6.07, 6.45) is 8.77. The lowest BCUT2D eigenvalue weighted by atomic mass is 9.49. The highest BCUT2D eigenvalue weighted by Gasteiger charge is 2.52. The van der Waals surface area contributed by atoms with Crippen molar-refractivity contribution in [1.82, 2.24) is 10.2 Å². The van der Waals surface area contributed by atoms with Crippen molar-refractivity contribution >= 4 is 17.8 Å². The fourth-order valence-electron chi connectivity index (χ4n) is 7.07. The van der Waals surface area contributed by atoms with Crippen LogP contribution in [0.25, 0.3) is 0 Å². The van der Waals surface area contributed by atoms with Crippen LogP contribution in [-0.4, -0.2) is 40.4 Å². The highest BCUT2D eigenvalue weighted by atomic mass is 16.3. The van der Waals surface area contributed by atoms with Crippen LogP contribution in [0.1, 0.15) is 63.4 Å². The lowest BCUT2D eigenvalue weighted by molar-refractivity contribution is -0.146. The second kappa shape index (κ2) is 9.61. The van der Waals surface area contributed by atoms with Gasteiger partial charge < -0.3 is 26.8 Å². The third-order valence-electron chi connectivity index (χ3n) is 7.98. The summed E-state index contributed by atoms with van der Waals surface area (Å²) in [4.78, 5) is 27.9. The molecule has 4 aliphatic rings. The lowest BCUT2D eigenvalue weighted by Gasteiger charge is -2.57. The van der Waals surface area contributed by atoms with Gasteiger partial charge in [0.2, 0.25) is 11.8 Å². The normalized spacial score (nSPS) is 28.3. The highest BCUT2D eigenvalue weighted by Crippen LogP contribution is 2.61. The van der Waals surface area contributed by atoms with Crippen LogP contribution in [0, 0.1) is 28.6 Å². The van der Waals surface area contributed by atoms with Crippen molar-refractivity contribution in [3.8, 4) is 5.75 Å². The van der Waals surface area contributed by atoms with Crippen molar-refractivity contribution in [1.29, 1.82) is 5.41 Å². The molecule has 1 aromatic carbocycles. The van der Waals surface area contributed by atoms with E-state index in [1.807, 2.05) is 0 Å². The molecule has 0 aliphatic heterocycles. The molecule has 0 spiro atoms. The Balaban J connectivity index is 1.51. The largest absolute Gasteiger partial charge is 0.508 e. The molecular weight excluding hydrogens is 418 g/mol. The second-order valence-electron chi connectivity index (χ2n) is 10.7. The van der Waals surface area contributed by atoms with Gasteiger partial charge >= 0.3 is 0 Å². The summed E-state index contributed by atoms with van der Waals surface area (Å²) in [6, 6.07) is 6.00. The Morgan fingerprint density at radius 2 is 1.67 bits per heavy atom. The van der Waals surface area contributed by atoms with Crippen LogP contribution in [0.4, 0.5) is 0 Å². The molecule has 8 nitrogen and oxygen atoms in total. The second-order valence-corrected chi connectivity index (χ2v) is 10.7. The summed E-state index contributed by atoms with van der Waals surface area (Å²) in [5.41, 5.74) is 12.1. The number of phenolic OH excluding ortho intramolecular Hbond substituents is 1. The topological polar surface area (TPSA) is 146 Å². The number of guanidine groups is 1. The summed E-state index contributed by atoms with van der Waals surface area (Å²) < 4.78 is 0. The Bertz CT molecular complexity index is 849. The number of carbonyl (C=O) groups is 2. The number of phenols is 1. The van der Waals surface area contributed by atoms with Crippen LogP contribution < -0.4 is 16.8 Å². The van der Waals surface area contributed by atoms with Gasteiger partial charge in [-0.2, -0.15) is 0 Å². The Kier molecular flexibility index (Phi) is 6.81. The Labute approximate surface area is 195 Å². The highest BCUT2D eigenvalue weighted by molar-refractivity contribution is 5.87. The first-order valence-corrected chi connectivity index (χ1v) is 12.2. The van der Waals surface area contributed by atoms with E-state index in [-0.39, 0.29) is 29.6 Å². The van der Waals surface area contributed by atoms with Gasteiger partial charge in [0, 0.05) is 19.5 Å². The minimum atomic E-state index is -0.728. The molecule has 1 atom stereocenters. The number of nitrogens with two attached hydrogens (primary N) is 2. The van der Waals surface area contributed by atoms with E-state index in [2.05, 4.69) is 5.32 Å². The average molecular weight is 456 g/mol. The number of nitrogens with one attached hydrogen (secondary N) is 2. The van der Waals surface area contributed by atoms with Gasteiger partial charge in [0.1, 0.15) is 11.8 Å². The summed E-state index contributed by atoms with van der Waals surface area (Å²) in [5, 5.41) is 19.7. The first-order valence-electron chi connectivity index (χ1n) is 12.2. The molecular formula is C25H37N5O3. The van der Waals surface area contributed by atoms with E-state index >= 15 is 0 Å². The molecule has 4 saturated carbocycles. The third kappa shape index (κ3) is 5.60. The van der Waals surface area contributed by atoms with Gasteiger partial charge in [-0.3, -0.25) is 15.0 Å². The summed E-state index contributed by atoms with van der Waals surface area (Å²) in [6.45, 7) is 0.717. The predicted molar refractivity (Wildman–Crippen MR) is 126 cm³/mol. The fraction of sp³-hybridized carbons (Fsp3) is 0.640. The molecule has 0 saturated heterocycles. The zero-order valence-corrected chi connectivity index (χ0v) is 19.3. The molecule has 4 fully saturated rings. The summed E-state index contributed by atoms with van der Waals surface area (Å²) in [5.74, 6) is 1.76. The van der Waals surface area contributed by atoms with E-state index in [0.29, 0.717) is 25.8 Å². The number of primary amides is 1. The van der Waals surface area contributed by atoms with Crippen molar-refractivity contribution in [2.45, 2.75) is 70.4 Å². The first-order chi connectivity index (χ1) is 15.7. The first kappa shape index (κ1) is 23.4. The Morgan fingerprint density at radius 3 is 2.18 bits per heavy atom. The smallest absolute Gasteiger partial charge is 0.240 e. The third-order valence-corrected chi connectivity index (χ3v) is 7.98. The number of nitrogens with zero attached hydrogens (tertiary/aromatic N) is 1. The monoisotopic (exact) mass is 455 g/mol. The zero-order valence-electron chi connectivity index (χ0n) is 19.3. The number of carbonyl (C=O) groups excluding carboxylic acids is 2. The maximum Gasteiger partial charge on any atom is 0.240 e. The molecule has 33 heavy (non-hydrogen) atoms. The number of hydrogen-bond donors (Lipinski definition) is 5. The van der Waals surface area contributed by atoms with Crippen molar-refractivity contribution < 1.29 is 14.7 Å². The van der Waals surface area contributed by atoms with Gasteiger partial charge in [0.15, 0.2) is 5.96 Å². The minimum Gasteiger partial charge on any atom is -0.508 e. The van der Waals surface area contributed by atoms with Crippen LogP contribution in [0.15, 0.2) is 24.3 Å². The van der Waals surface area contributed by atoms with Crippen molar-refractivity contribution in [3.63, 3.8) is 0 Å². The molecule has 0 unspecified atom stereocenters. The molecule has 180 valence electrons. The minimum absolute atomic E-state index is 0.00616. The Hall–Kier alpha value is -2.77. The van der Waals surface area contributed by atoms with E-state index in [1.54, 1.807) is 29.2 Å². The fourth-order valence-corrected chi connectivity index (χ4v) is 7.07. The van der Waals surface area contributed by atoms with Gasteiger partial charge in [0.25, 0.3) is 0 Å². The lowest BCUT2D eigenvalue weighted by Crippen LogP contribution is -2.52. The number of aromatic hydroxyl groups is 1. The van der Waals surface area contributed by atoms with Crippen LogP contribution in [0.2, 0.25) is 0 Å². The molecule has 7 N–H and O–H groups in total. The van der Waals surface area contributed by atoms with E-state index in [4.69, 9.17) is 16.9 Å². The average Bonchev–Trinajstić information content (AvgIpc) is 2.72. The van der Waals surface area contributed by atoms with Gasteiger partial charge in [-0.05, 0) is 92.2 Å². The van der Waals surface area contributed by atoms with Gasteiger partial charge in [-0.1, -0.05) is 12.1 Å². The van der Waals surface area contributed by atoms with Crippen LogP contribution in [0.3, 0.4) is 0 Å². The predicted octanol–water partition coefficient (Wildman–Crippen LogP) is 2.44. The van der Waals surface area contributed by atoms with Crippen molar-refractivity contribution in [3.05, 3.63) is 29.8 Å². The molecule has 4 bridgehead atoms. The number of benzene rings is 1. The maximum atomic E-state index is 13.8. The number of rotatable bonds is 10. The van der Waals surface area contributed by atoms with Gasteiger partial charge in [0.05, 0.1) is 0 Å². The molecule has 5 rings (SSSR count). The summed E-state index contributed by atoms with van der Waals surface area (Å²) in [7, 11) is 0. The molecule has 0 aromatic heterocycles. The standard InChI is InChI=1S/C25H37N5O3/c26-23(33)21(2-1-7-29-24(27)28)30(15-16-3-5-20(31)6-4-16)22(32)14-25-11-17-8-18(12-25)10-19(9-17)13-25/h3-6,17-19,21,31H,1-2,7-15H2,(H2,26,33)(H4,27,28,29)/t17?,18?,19?,21-,25?/m1/s1. The number of hydrogen-bond acceptors (Lipinski definition) is 4. The van der Waals surface area contributed by atoms with E-state index in [9.17, 15) is 14.7 Å². The molecule has 0 radical (unpaired) electrons. The molecule has 0 heterocycles. The van der Waals surface area contributed by atoms with Crippen LogP contribution >= 0.6 is 0 Å². The van der Waals surface area contributed by atoms with Gasteiger partial charge in [-0.15, -0.1) is 0 Å². The van der Waals surface area contributed by atoms with Crippen molar-refractivity contribution in [2.75, 3.05) is 6.54 Å². The van der Waals surface area contributed by atoms with Crippen LogP contribution in [-0.2, 0) is 16.1 Å². The van der Waals surface area contributed by atoms with Gasteiger partial charge in [-0.25, -0.2) is 0 Å². The van der Waals surface area contributed by atoms with E-state index < -0.39 is 11.9 Å². The van der Waals surface area contributed by atoms with Crippen LogP contribution in [0.5, 0.6) is 5.75 Å². The zero-order chi connectivity index (χ0) is 23.6. The quantitative estimate of drug-likeness (QED) is 0.209.